The topological polar surface area (TPSA) is 174 Å². The van der Waals surface area contributed by atoms with E-state index in [0.29, 0.717) is 0 Å². The van der Waals surface area contributed by atoms with Crippen LogP contribution in [0.15, 0.2) is 130 Å². The average Bonchev–Trinajstić information content (AvgIpc) is 3.76. The van der Waals surface area contributed by atoms with Crippen LogP contribution in [0.3, 0.4) is 0 Å². The van der Waals surface area contributed by atoms with E-state index in [2.05, 4.69) is 20.0 Å². The molecule has 3 aliphatic rings. The second kappa shape index (κ2) is 14.2. The van der Waals surface area contributed by atoms with Gasteiger partial charge >= 0.3 is 23.9 Å². The number of aromatic nitrogens is 2. The van der Waals surface area contributed by atoms with Crippen LogP contribution in [0.5, 0.6) is 0 Å². The predicted octanol–water partition coefficient (Wildman–Crippen LogP) is 4.09. The monoisotopic (exact) mass is 728 g/mol. The minimum absolute atomic E-state index is 0.00993. The molecule has 0 N–H and O–H groups in total. The van der Waals surface area contributed by atoms with Crippen LogP contribution < -0.4 is 0 Å². The lowest BCUT2D eigenvalue weighted by atomic mass is 9.61. The summed E-state index contributed by atoms with van der Waals surface area (Å²) in [4.78, 5) is 75.4. The number of fused-ring (bicyclic) bond motifs is 6. The van der Waals surface area contributed by atoms with Gasteiger partial charge in [0.1, 0.15) is 22.3 Å². The van der Waals surface area contributed by atoms with Crippen molar-refractivity contribution in [1.82, 2.24) is 9.97 Å². The lowest BCUT2D eigenvalue weighted by Crippen LogP contribution is -2.57. The van der Waals surface area contributed by atoms with Gasteiger partial charge in [0.05, 0.1) is 52.9 Å². The second-order valence-corrected chi connectivity index (χ2v) is 12.0. The fourth-order valence-corrected chi connectivity index (χ4v) is 7.06. The van der Waals surface area contributed by atoms with Crippen molar-refractivity contribution in [3.8, 4) is 11.4 Å². The van der Waals surface area contributed by atoms with Gasteiger partial charge in [0, 0.05) is 23.5 Å². The fourth-order valence-electron chi connectivity index (χ4n) is 7.06. The minimum Gasteiger partial charge on any atom is -0.466 e. The normalized spacial score (nSPS) is 21.0. The van der Waals surface area contributed by atoms with Crippen molar-refractivity contribution >= 4 is 35.7 Å². The molecular weight excluding hydrogens is 696 g/mol. The summed E-state index contributed by atoms with van der Waals surface area (Å²) >= 11 is 0. The summed E-state index contributed by atoms with van der Waals surface area (Å²) in [6.45, 7) is -0.0199. The van der Waals surface area contributed by atoms with Gasteiger partial charge in [-0.1, -0.05) is 72.8 Å². The highest BCUT2D eigenvalue weighted by Crippen LogP contribution is 2.66. The van der Waals surface area contributed by atoms with E-state index in [9.17, 15) is 19.2 Å². The predicted molar refractivity (Wildman–Crippen MR) is 190 cm³/mol. The third-order valence-corrected chi connectivity index (χ3v) is 9.28. The summed E-state index contributed by atoms with van der Waals surface area (Å²) in [6, 6.07) is 24.5. The summed E-state index contributed by atoms with van der Waals surface area (Å²) in [6.07, 6.45) is 3.01. The van der Waals surface area contributed by atoms with E-state index in [4.69, 9.17) is 28.4 Å². The number of aliphatic imine (C=N–C) groups is 2. The van der Waals surface area contributed by atoms with E-state index in [1.54, 1.807) is 24.3 Å². The molecule has 0 radical (unpaired) electrons. The highest BCUT2D eigenvalue weighted by atomic mass is 16.6. The summed E-state index contributed by atoms with van der Waals surface area (Å²) < 4.78 is 35.1. The van der Waals surface area contributed by atoms with Crippen LogP contribution in [0.25, 0.3) is 11.4 Å². The Morgan fingerprint density at radius 3 is 1.26 bits per heavy atom. The number of pyridine rings is 2. The van der Waals surface area contributed by atoms with E-state index < -0.39 is 57.4 Å². The lowest BCUT2D eigenvalue weighted by Gasteiger charge is -2.49. The first kappa shape index (κ1) is 35.4. The van der Waals surface area contributed by atoms with Crippen molar-refractivity contribution in [2.24, 2.45) is 9.98 Å². The van der Waals surface area contributed by atoms with Crippen molar-refractivity contribution < 1.29 is 47.6 Å². The molecule has 14 heteroatoms. The Bertz CT molecular complexity index is 2160. The van der Waals surface area contributed by atoms with Gasteiger partial charge in [-0.05, 0) is 23.3 Å². The molecule has 54 heavy (non-hydrogen) atoms. The molecule has 0 bridgehead atoms. The van der Waals surface area contributed by atoms with Crippen LogP contribution in [-0.4, -0.2) is 74.1 Å². The molecule has 7 rings (SSSR count). The van der Waals surface area contributed by atoms with Crippen LogP contribution in [0.2, 0.25) is 0 Å². The molecule has 14 nitrogen and oxygen atoms in total. The SMILES string of the molecule is COC(=O)C1=C(C(=O)OC)[C@@]2(OC1=NCc1ccccc1)c1cccnc1-c1ncccc1[C@@]21OC(=NCc2ccccc2)C(C(=O)OC)=C1C(=O)OC. The maximum atomic E-state index is 14.4. The first-order valence-electron chi connectivity index (χ1n) is 16.6. The molecular formula is C40H32N4O10. The molecule has 4 heterocycles. The van der Waals surface area contributed by atoms with E-state index in [-0.39, 0.29) is 47.4 Å². The molecule has 4 aromatic rings. The van der Waals surface area contributed by atoms with Crippen molar-refractivity contribution in [1.29, 1.82) is 0 Å². The molecule has 2 aromatic carbocycles. The van der Waals surface area contributed by atoms with Crippen molar-refractivity contribution in [2.45, 2.75) is 24.3 Å². The molecule has 2 aromatic heterocycles. The van der Waals surface area contributed by atoms with Gasteiger partial charge in [-0.2, -0.15) is 0 Å². The van der Waals surface area contributed by atoms with Crippen molar-refractivity contribution in [2.75, 3.05) is 28.4 Å². The number of nitrogens with zero attached hydrogens (tertiary/aromatic N) is 4. The number of hydrogen-bond acceptors (Lipinski definition) is 14. The number of carbonyl (C=O) groups excluding carboxylic acids is 4. The molecule has 1 aliphatic carbocycles. The third kappa shape index (κ3) is 5.33. The summed E-state index contributed by atoms with van der Waals surface area (Å²) in [5.74, 6) is -4.83. The number of carbonyl (C=O) groups is 4. The zero-order valence-corrected chi connectivity index (χ0v) is 29.5. The Labute approximate surface area is 308 Å². The Hall–Kier alpha value is -6.96. The van der Waals surface area contributed by atoms with Crippen LogP contribution in [-0.2, 0) is 71.9 Å². The molecule has 0 saturated heterocycles. The van der Waals surface area contributed by atoms with Gasteiger partial charge in [-0.15, -0.1) is 0 Å². The maximum Gasteiger partial charge on any atom is 0.344 e. The first-order chi connectivity index (χ1) is 26.3. The number of rotatable bonds is 8. The zero-order valence-electron chi connectivity index (χ0n) is 29.5. The van der Waals surface area contributed by atoms with Gasteiger partial charge < -0.3 is 28.4 Å². The van der Waals surface area contributed by atoms with E-state index >= 15 is 0 Å². The van der Waals surface area contributed by atoms with Gasteiger partial charge in [0.2, 0.25) is 23.0 Å². The maximum absolute atomic E-state index is 14.4. The summed E-state index contributed by atoms with van der Waals surface area (Å²) in [7, 11) is 4.49. The van der Waals surface area contributed by atoms with Crippen LogP contribution >= 0.6 is 0 Å². The average molecular weight is 729 g/mol. The Balaban J connectivity index is 1.65. The standard InChI is InChI=1S/C40H32N4O10/c1-49-35(45)27-29(37(47)51-3)39(53-33(27)43-21-23-13-7-5-8-14-23)25-17-11-19-41-31(25)32-26(18-12-20-42-32)40(39)30(38(48)52-4)28(36(46)50-2)34(54-40)44-22-24-15-9-6-10-16-24/h5-20H,21-22H2,1-4H3/t39-,40-/m0/s1. The van der Waals surface area contributed by atoms with Crippen LogP contribution in [0, 0.1) is 0 Å². The summed E-state index contributed by atoms with van der Waals surface area (Å²) in [5.41, 5.74) is -4.45. The molecule has 272 valence electrons. The Morgan fingerprint density at radius 1 is 0.537 bits per heavy atom. The van der Waals surface area contributed by atoms with Gasteiger partial charge in [0.15, 0.2) is 0 Å². The Kier molecular flexibility index (Phi) is 9.33. The fraction of sp³-hybridized carbons (Fsp3) is 0.200. The Morgan fingerprint density at radius 2 is 0.907 bits per heavy atom. The number of hydrogen-bond donors (Lipinski definition) is 0. The molecule has 0 fully saturated rings. The number of methoxy groups -OCH3 is 4. The van der Waals surface area contributed by atoms with Gasteiger partial charge in [-0.3, -0.25) is 9.97 Å². The van der Waals surface area contributed by atoms with Crippen LogP contribution in [0.4, 0.5) is 0 Å². The largest absolute Gasteiger partial charge is 0.466 e. The highest BCUT2D eigenvalue weighted by molar-refractivity contribution is 6.27. The summed E-state index contributed by atoms with van der Waals surface area (Å²) in [5, 5.41) is 0. The van der Waals surface area contributed by atoms with Crippen molar-refractivity contribution in [3.05, 3.63) is 142 Å². The smallest absolute Gasteiger partial charge is 0.344 e. The van der Waals surface area contributed by atoms with Crippen LogP contribution in [0.1, 0.15) is 22.3 Å². The van der Waals surface area contributed by atoms with Gasteiger partial charge in [-0.25, -0.2) is 29.2 Å². The molecule has 2 atom stereocenters. The number of benzene rings is 2. The minimum atomic E-state index is -2.41. The number of ether oxygens (including phenoxy) is 6. The highest BCUT2D eigenvalue weighted by Gasteiger charge is 2.76. The number of esters is 4. The van der Waals surface area contributed by atoms with E-state index in [0.717, 1.165) is 39.6 Å². The molecule has 2 spiro atoms. The zero-order chi connectivity index (χ0) is 38.0. The van der Waals surface area contributed by atoms with Crippen molar-refractivity contribution in [3.63, 3.8) is 0 Å². The van der Waals surface area contributed by atoms with E-state index in [1.807, 2.05) is 60.7 Å². The molecule has 0 unspecified atom stereocenters. The lowest BCUT2D eigenvalue weighted by molar-refractivity contribution is -0.151. The second-order valence-electron chi connectivity index (χ2n) is 12.0. The first-order valence-corrected chi connectivity index (χ1v) is 16.6. The van der Waals surface area contributed by atoms with E-state index in [1.165, 1.54) is 12.4 Å². The quantitative estimate of drug-likeness (QED) is 0.188. The third-order valence-electron chi connectivity index (χ3n) is 9.28. The molecule has 0 amide bonds. The molecule has 2 aliphatic heterocycles. The van der Waals surface area contributed by atoms with Gasteiger partial charge in [0.25, 0.3) is 0 Å². The molecule has 0 saturated carbocycles.